The molecule has 1 aliphatic heterocycles. The highest BCUT2D eigenvalue weighted by Gasteiger charge is 2.20. The van der Waals surface area contributed by atoms with E-state index in [4.69, 9.17) is 21.1 Å². The summed E-state index contributed by atoms with van der Waals surface area (Å²) in [7, 11) is 0. The third kappa shape index (κ3) is 5.31. The molecule has 3 heterocycles. The monoisotopic (exact) mass is 506 g/mol. The number of anilines is 1. The van der Waals surface area contributed by atoms with E-state index < -0.39 is 0 Å². The Morgan fingerprint density at radius 2 is 1.97 bits per heavy atom. The average molecular weight is 507 g/mol. The van der Waals surface area contributed by atoms with Crippen molar-refractivity contribution in [2.75, 3.05) is 16.8 Å². The minimum Gasteiger partial charge on any atom is -0.380 e. The van der Waals surface area contributed by atoms with Crippen LogP contribution in [0.1, 0.15) is 40.3 Å². The number of amides is 1. The Morgan fingerprint density at radius 1 is 1.14 bits per heavy atom. The van der Waals surface area contributed by atoms with Gasteiger partial charge in [0.05, 0.1) is 11.2 Å². The molecule has 0 atom stereocenters. The molecule has 180 valence electrons. The van der Waals surface area contributed by atoms with E-state index >= 15 is 0 Å². The number of aromatic nitrogens is 2. The number of halogens is 1. The maximum absolute atomic E-state index is 13.1. The minimum atomic E-state index is -0.135. The second-order valence-electron chi connectivity index (χ2n) is 8.83. The largest absolute Gasteiger partial charge is 0.380 e. The molecule has 2 N–H and O–H groups in total. The molecule has 1 saturated heterocycles. The van der Waals surface area contributed by atoms with Crippen molar-refractivity contribution in [2.45, 2.75) is 39.3 Å². The summed E-state index contributed by atoms with van der Waals surface area (Å²) in [6, 6.07) is 15.8. The molecule has 0 unspecified atom stereocenters. The highest BCUT2D eigenvalue weighted by atomic mass is 35.5. The topological polar surface area (TPSA) is 80.0 Å². The normalized spacial score (nSPS) is 14.3. The fourth-order valence-corrected chi connectivity index (χ4v) is 5.80. The van der Waals surface area contributed by atoms with E-state index in [0.717, 1.165) is 69.1 Å². The number of hydrogen-bond donors (Lipinski definition) is 2. The molecule has 1 amide bonds. The summed E-state index contributed by atoms with van der Waals surface area (Å²) in [5, 5.41) is 12.4. The first kappa shape index (κ1) is 23.7. The summed E-state index contributed by atoms with van der Waals surface area (Å²) < 4.78 is 5.38. The average Bonchev–Trinajstić information content (AvgIpc) is 3.20. The van der Waals surface area contributed by atoms with Crippen molar-refractivity contribution >= 4 is 45.9 Å². The number of aryl methyl sites for hydroxylation is 2. The van der Waals surface area contributed by atoms with E-state index in [1.165, 1.54) is 0 Å². The smallest absolute Gasteiger partial charge is 0.270 e. The van der Waals surface area contributed by atoms with Crippen LogP contribution in [0.3, 0.4) is 0 Å². The SMILES string of the molecule is Cc1noc(C)c1-c1ccc2nc(C(=O)NC3CCSCC3)cc(NCc3cccc(Cl)c3)c2c1. The zero-order valence-corrected chi connectivity index (χ0v) is 21.3. The molecule has 5 rings (SSSR count). The number of nitrogens with one attached hydrogen (secondary N) is 2. The van der Waals surface area contributed by atoms with Crippen LogP contribution in [-0.2, 0) is 6.54 Å². The first-order valence-electron chi connectivity index (χ1n) is 11.7. The minimum absolute atomic E-state index is 0.135. The Labute approximate surface area is 213 Å². The Bertz CT molecular complexity index is 1360. The van der Waals surface area contributed by atoms with Gasteiger partial charge in [-0.3, -0.25) is 4.79 Å². The lowest BCUT2D eigenvalue weighted by Crippen LogP contribution is -2.37. The quantitative estimate of drug-likeness (QED) is 0.315. The maximum Gasteiger partial charge on any atom is 0.270 e. The van der Waals surface area contributed by atoms with Crippen LogP contribution in [0.4, 0.5) is 5.69 Å². The van der Waals surface area contributed by atoms with Crippen molar-refractivity contribution < 1.29 is 9.32 Å². The third-order valence-electron chi connectivity index (χ3n) is 6.29. The molecule has 0 bridgehead atoms. The molecule has 0 saturated carbocycles. The summed E-state index contributed by atoms with van der Waals surface area (Å²) in [4.78, 5) is 17.8. The van der Waals surface area contributed by atoms with Crippen molar-refractivity contribution in [3.8, 4) is 11.1 Å². The van der Waals surface area contributed by atoms with Crippen LogP contribution in [-0.4, -0.2) is 33.6 Å². The van der Waals surface area contributed by atoms with Crippen LogP contribution in [0, 0.1) is 13.8 Å². The summed E-state index contributed by atoms with van der Waals surface area (Å²) in [6.45, 7) is 4.41. The summed E-state index contributed by atoms with van der Waals surface area (Å²) in [5.41, 5.74) is 5.87. The molecule has 4 aromatic rings. The van der Waals surface area contributed by atoms with Crippen LogP contribution in [0.15, 0.2) is 53.1 Å². The fraction of sp³-hybridized carbons (Fsp3) is 0.296. The van der Waals surface area contributed by atoms with Gasteiger partial charge in [0, 0.05) is 34.2 Å². The molecule has 0 radical (unpaired) electrons. The molecule has 8 heteroatoms. The van der Waals surface area contributed by atoms with Crippen molar-refractivity contribution in [1.82, 2.24) is 15.5 Å². The molecule has 2 aromatic carbocycles. The maximum atomic E-state index is 13.1. The number of hydrogen-bond acceptors (Lipinski definition) is 6. The molecular formula is C27H27ClN4O2S. The van der Waals surface area contributed by atoms with E-state index in [-0.39, 0.29) is 11.9 Å². The number of thioether (sulfide) groups is 1. The Morgan fingerprint density at radius 3 is 2.71 bits per heavy atom. The first-order valence-corrected chi connectivity index (χ1v) is 13.3. The van der Waals surface area contributed by atoms with Gasteiger partial charge in [-0.2, -0.15) is 11.8 Å². The lowest BCUT2D eigenvalue weighted by Gasteiger charge is -2.22. The Balaban J connectivity index is 1.52. The molecule has 1 fully saturated rings. The number of benzene rings is 2. The number of nitrogens with zero attached hydrogens (tertiary/aromatic N) is 2. The zero-order chi connectivity index (χ0) is 24.4. The van der Waals surface area contributed by atoms with Crippen LogP contribution in [0.25, 0.3) is 22.0 Å². The van der Waals surface area contributed by atoms with E-state index in [9.17, 15) is 4.79 Å². The number of carbonyl (C=O) groups is 1. The molecule has 2 aromatic heterocycles. The van der Waals surface area contributed by atoms with E-state index in [0.29, 0.717) is 17.3 Å². The summed E-state index contributed by atoms with van der Waals surface area (Å²) >= 11 is 8.12. The van der Waals surface area contributed by atoms with Crippen LogP contribution < -0.4 is 10.6 Å². The van der Waals surface area contributed by atoms with E-state index in [1.54, 1.807) is 0 Å². The lowest BCUT2D eigenvalue weighted by molar-refractivity contribution is 0.0930. The van der Waals surface area contributed by atoms with Gasteiger partial charge in [-0.05, 0) is 79.7 Å². The third-order valence-corrected chi connectivity index (χ3v) is 7.58. The highest BCUT2D eigenvalue weighted by molar-refractivity contribution is 7.99. The van der Waals surface area contributed by atoms with Gasteiger partial charge < -0.3 is 15.2 Å². The van der Waals surface area contributed by atoms with Crippen LogP contribution in [0.2, 0.25) is 5.02 Å². The standard InChI is InChI=1S/C27H27ClN4O2S/c1-16-26(17(2)34-32-16)19-6-7-23-22(13-19)24(29-15-18-4-3-5-20(28)12-18)14-25(31-23)27(33)30-21-8-10-35-11-9-21/h3-7,12-14,21H,8-11,15H2,1-2H3,(H,29,31)(H,30,33). The van der Waals surface area contributed by atoms with Gasteiger partial charge in [-0.25, -0.2) is 4.98 Å². The van der Waals surface area contributed by atoms with Gasteiger partial charge in [0.25, 0.3) is 5.91 Å². The fourth-order valence-electron chi connectivity index (χ4n) is 4.48. The van der Waals surface area contributed by atoms with E-state index in [2.05, 4.69) is 21.9 Å². The van der Waals surface area contributed by atoms with Crippen molar-refractivity contribution in [3.63, 3.8) is 0 Å². The van der Waals surface area contributed by atoms with Gasteiger partial charge in [0.1, 0.15) is 11.5 Å². The Kier molecular flexibility index (Phi) is 6.97. The Hall–Kier alpha value is -3.03. The summed E-state index contributed by atoms with van der Waals surface area (Å²) in [6.07, 6.45) is 1.98. The predicted octanol–water partition coefficient (Wildman–Crippen LogP) is 6.40. The van der Waals surface area contributed by atoms with Gasteiger partial charge in [0.15, 0.2) is 0 Å². The second-order valence-corrected chi connectivity index (χ2v) is 10.5. The van der Waals surface area contributed by atoms with Crippen LogP contribution in [0.5, 0.6) is 0 Å². The van der Waals surface area contributed by atoms with Crippen molar-refractivity contribution in [3.05, 3.63) is 76.3 Å². The molecule has 6 nitrogen and oxygen atoms in total. The van der Waals surface area contributed by atoms with Gasteiger partial charge >= 0.3 is 0 Å². The second kappa shape index (κ2) is 10.3. The molecule has 35 heavy (non-hydrogen) atoms. The summed E-state index contributed by atoms with van der Waals surface area (Å²) in [5.74, 6) is 2.79. The van der Waals surface area contributed by atoms with Gasteiger partial charge in [-0.15, -0.1) is 0 Å². The number of pyridine rings is 1. The first-order chi connectivity index (χ1) is 17.0. The zero-order valence-electron chi connectivity index (χ0n) is 19.7. The molecule has 0 spiro atoms. The number of rotatable bonds is 6. The van der Waals surface area contributed by atoms with Crippen molar-refractivity contribution in [2.24, 2.45) is 0 Å². The highest BCUT2D eigenvalue weighted by Crippen LogP contribution is 2.33. The molecule has 0 aliphatic carbocycles. The van der Waals surface area contributed by atoms with E-state index in [1.807, 2.05) is 68.1 Å². The van der Waals surface area contributed by atoms with Gasteiger partial charge in [-0.1, -0.05) is 35.0 Å². The molecular weight excluding hydrogens is 480 g/mol. The number of carbonyl (C=O) groups excluding carboxylic acids is 1. The van der Waals surface area contributed by atoms with Gasteiger partial charge in [0.2, 0.25) is 0 Å². The van der Waals surface area contributed by atoms with Crippen LogP contribution >= 0.6 is 23.4 Å². The van der Waals surface area contributed by atoms with Crippen molar-refractivity contribution in [1.29, 1.82) is 0 Å². The number of fused-ring (bicyclic) bond motifs is 1. The predicted molar refractivity (Wildman–Crippen MR) is 143 cm³/mol. The molecule has 1 aliphatic rings. The lowest BCUT2D eigenvalue weighted by atomic mass is 10.0.